The quantitative estimate of drug-likeness (QED) is 0.786. The second-order valence-corrected chi connectivity index (χ2v) is 4.40. The van der Waals surface area contributed by atoms with Gasteiger partial charge in [-0.1, -0.05) is 6.07 Å². The van der Waals surface area contributed by atoms with Gasteiger partial charge in [0.2, 0.25) is 0 Å². The van der Waals surface area contributed by atoms with E-state index in [4.69, 9.17) is 5.11 Å². The maximum absolute atomic E-state index is 11.1. The second-order valence-electron chi connectivity index (χ2n) is 4.40. The number of rotatable bonds is 3. The van der Waals surface area contributed by atoms with Crippen LogP contribution in [0.1, 0.15) is 11.1 Å². The number of nitrogens with one attached hydrogen (secondary N) is 1. The summed E-state index contributed by atoms with van der Waals surface area (Å²) in [6, 6.07) is 1.61. The summed E-state index contributed by atoms with van der Waals surface area (Å²) in [6.07, 6.45) is 3.60. The molecule has 0 radical (unpaired) electrons. The highest BCUT2D eigenvalue weighted by atomic mass is 16.4. The minimum Gasteiger partial charge on any atom is -0.480 e. The number of hydrogen-bond acceptors (Lipinski definition) is 4. The molecular formula is C12H17N3O2. The van der Waals surface area contributed by atoms with Crippen LogP contribution in [-0.2, 0) is 11.3 Å². The van der Waals surface area contributed by atoms with E-state index in [0.29, 0.717) is 13.1 Å². The summed E-state index contributed by atoms with van der Waals surface area (Å²) in [4.78, 5) is 17.2. The first kappa shape index (κ1) is 12.0. The molecule has 1 atom stereocenters. The molecule has 1 aliphatic heterocycles. The van der Waals surface area contributed by atoms with E-state index in [-0.39, 0.29) is 0 Å². The molecule has 1 unspecified atom stereocenters. The van der Waals surface area contributed by atoms with Gasteiger partial charge in [0.1, 0.15) is 6.04 Å². The van der Waals surface area contributed by atoms with Crippen LogP contribution in [0.15, 0.2) is 18.5 Å². The molecule has 1 fully saturated rings. The number of carbonyl (C=O) groups is 1. The first-order valence-electron chi connectivity index (χ1n) is 5.75. The molecule has 1 aliphatic rings. The molecule has 1 aromatic heterocycles. The lowest BCUT2D eigenvalue weighted by Gasteiger charge is -2.33. The topological polar surface area (TPSA) is 65.5 Å². The molecule has 92 valence electrons. The molecule has 2 heterocycles. The van der Waals surface area contributed by atoms with E-state index in [1.807, 2.05) is 17.9 Å². The molecule has 0 aromatic carbocycles. The number of nitrogens with zero attached hydrogens (tertiary/aromatic N) is 2. The van der Waals surface area contributed by atoms with Gasteiger partial charge < -0.3 is 10.4 Å². The van der Waals surface area contributed by atoms with Crippen molar-refractivity contribution in [3.05, 3.63) is 29.6 Å². The molecule has 2 N–H and O–H groups in total. The Morgan fingerprint density at radius 3 is 3.18 bits per heavy atom. The van der Waals surface area contributed by atoms with Crippen molar-refractivity contribution in [2.75, 3.05) is 19.6 Å². The fraction of sp³-hybridized carbons (Fsp3) is 0.500. The molecule has 1 aromatic rings. The molecule has 0 aliphatic carbocycles. The Hall–Kier alpha value is -1.46. The maximum Gasteiger partial charge on any atom is 0.322 e. The number of piperazine rings is 1. The average Bonchev–Trinajstić information content (AvgIpc) is 2.29. The monoisotopic (exact) mass is 235 g/mol. The molecule has 17 heavy (non-hydrogen) atoms. The Bertz CT molecular complexity index is 408. The summed E-state index contributed by atoms with van der Waals surface area (Å²) in [5.41, 5.74) is 2.17. The highest BCUT2D eigenvalue weighted by molar-refractivity contribution is 5.74. The van der Waals surface area contributed by atoms with Crippen LogP contribution >= 0.6 is 0 Å². The lowest BCUT2D eigenvalue weighted by atomic mass is 10.1. The van der Waals surface area contributed by atoms with E-state index in [9.17, 15) is 4.79 Å². The third-order valence-electron chi connectivity index (χ3n) is 2.96. The van der Waals surface area contributed by atoms with Crippen LogP contribution < -0.4 is 5.32 Å². The summed E-state index contributed by atoms with van der Waals surface area (Å²) in [6.45, 7) is 4.73. The minimum atomic E-state index is -0.766. The van der Waals surface area contributed by atoms with Gasteiger partial charge in [-0.2, -0.15) is 0 Å². The predicted molar refractivity (Wildman–Crippen MR) is 63.7 cm³/mol. The highest BCUT2D eigenvalue weighted by Crippen LogP contribution is 2.11. The Labute approximate surface area is 100 Å². The van der Waals surface area contributed by atoms with Gasteiger partial charge in [-0.3, -0.25) is 14.7 Å². The molecule has 0 bridgehead atoms. The highest BCUT2D eigenvalue weighted by Gasteiger charge is 2.28. The van der Waals surface area contributed by atoms with Gasteiger partial charge in [0.25, 0.3) is 0 Å². The van der Waals surface area contributed by atoms with Gasteiger partial charge >= 0.3 is 5.97 Å². The Kier molecular flexibility index (Phi) is 3.71. The van der Waals surface area contributed by atoms with Gasteiger partial charge in [-0.05, 0) is 18.1 Å². The molecule has 5 heteroatoms. The summed E-state index contributed by atoms with van der Waals surface area (Å²) >= 11 is 0. The normalized spacial score (nSPS) is 21.4. The van der Waals surface area contributed by atoms with Crippen molar-refractivity contribution in [2.45, 2.75) is 19.5 Å². The first-order valence-corrected chi connectivity index (χ1v) is 5.75. The fourth-order valence-electron chi connectivity index (χ4n) is 2.12. The number of aryl methyl sites for hydroxylation is 1. The smallest absolute Gasteiger partial charge is 0.322 e. The minimum absolute atomic E-state index is 0.440. The number of aromatic nitrogens is 1. The van der Waals surface area contributed by atoms with E-state index in [1.165, 1.54) is 0 Å². The molecule has 0 amide bonds. The van der Waals surface area contributed by atoms with E-state index < -0.39 is 12.0 Å². The van der Waals surface area contributed by atoms with Gasteiger partial charge in [0, 0.05) is 38.6 Å². The second kappa shape index (κ2) is 5.25. The van der Waals surface area contributed by atoms with Crippen LogP contribution in [0.4, 0.5) is 0 Å². The van der Waals surface area contributed by atoms with Crippen molar-refractivity contribution >= 4 is 5.97 Å². The van der Waals surface area contributed by atoms with Crippen molar-refractivity contribution in [3.63, 3.8) is 0 Å². The van der Waals surface area contributed by atoms with Crippen LogP contribution in [0.2, 0.25) is 0 Å². The third kappa shape index (κ3) is 3.01. The SMILES string of the molecule is Cc1cncc(CN2CCNCC2C(=O)O)c1. The van der Waals surface area contributed by atoms with Crippen LogP contribution in [0.3, 0.4) is 0 Å². The molecule has 0 spiro atoms. The van der Waals surface area contributed by atoms with Crippen LogP contribution in [0, 0.1) is 6.92 Å². The molecule has 5 nitrogen and oxygen atoms in total. The lowest BCUT2D eigenvalue weighted by molar-refractivity contribution is -0.144. The summed E-state index contributed by atoms with van der Waals surface area (Å²) < 4.78 is 0. The third-order valence-corrected chi connectivity index (χ3v) is 2.96. The molecular weight excluding hydrogens is 218 g/mol. The summed E-state index contributed by atoms with van der Waals surface area (Å²) in [5, 5.41) is 12.2. The van der Waals surface area contributed by atoms with Crippen LogP contribution in [0.25, 0.3) is 0 Å². The number of aliphatic carboxylic acids is 1. The lowest BCUT2D eigenvalue weighted by Crippen LogP contribution is -2.54. The van der Waals surface area contributed by atoms with Crippen LogP contribution in [-0.4, -0.2) is 46.6 Å². The van der Waals surface area contributed by atoms with Crippen molar-refractivity contribution in [3.8, 4) is 0 Å². The zero-order valence-corrected chi connectivity index (χ0v) is 9.89. The van der Waals surface area contributed by atoms with Crippen molar-refractivity contribution in [1.82, 2.24) is 15.2 Å². The van der Waals surface area contributed by atoms with Crippen molar-refractivity contribution in [2.24, 2.45) is 0 Å². The van der Waals surface area contributed by atoms with E-state index in [1.54, 1.807) is 12.4 Å². The van der Waals surface area contributed by atoms with Crippen molar-refractivity contribution < 1.29 is 9.90 Å². The zero-order valence-electron chi connectivity index (χ0n) is 9.89. The van der Waals surface area contributed by atoms with Gasteiger partial charge in [-0.25, -0.2) is 0 Å². The predicted octanol–water partition coefficient (Wildman–Crippen LogP) is 0.248. The Morgan fingerprint density at radius 1 is 1.65 bits per heavy atom. The molecule has 2 rings (SSSR count). The zero-order chi connectivity index (χ0) is 12.3. The maximum atomic E-state index is 11.1. The van der Waals surface area contributed by atoms with E-state index in [2.05, 4.69) is 10.3 Å². The van der Waals surface area contributed by atoms with Gasteiger partial charge in [0.05, 0.1) is 0 Å². The summed E-state index contributed by atoms with van der Waals surface area (Å²) in [7, 11) is 0. The van der Waals surface area contributed by atoms with E-state index in [0.717, 1.165) is 24.2 Å². The largest absolute Gasteiger partial charge is 0.480 e. The van der Waals surface area contributed by atoms with E-state index >= 15 is 0 Å². The number of carboxylic acid groups (broad SMARTS) is 1. The van der Waals surface area contributed by atoms with Crippen LogP contribution in [0.5, 0.6) is 0 Å². The standard InChI is InChI=1S/C12H17N3O2/c1-9-4-10(6-14-5-9)8-15-3-2-13-7-11(15)12(16)17/h4-6,11,13H,2-3,7-8H2,1H3,(H,16,17). The number of hydrogen-bond donors (Lipinski definition) is 2. The number of carboxylic acids is 1. The number of pyridine rings is 1. The molecule has 0 saturated carbocycles. The van der Waals surface area contributed by atoms with Crippen molar-refractivity contribution in [1.29, 1.82) is 0 Å². The summed E-state index contributed by atoms with van der Waals surface area (Å²) in [5.74, 6) is -0.766. The van der Waals surface area contributed by atoms with Gasteiger partial charge in [-0.15, -0.1) is 0 Å². The Balaban J connectivity index is 2.08. The average molecular weight is 235 g/mol. The fourth-order valence-corrected chi connectivity index (χ4v) is 2.12. The Morgan fingerprint density at radius 2 is 2.47 bits per heavy atom. The molecule has 1 saturated heterocycles. The van der Waals surface area contributed by atoms with Gasteiger partial charge in [0.15, 0.2) is 0 Å². The first-order chi connectivity index (χ1) is 8.16.